The molecule has 1 atom stereocenters. The predicted molar refractivity (Wildman–Crippen MR) is 98.2 cm³/mol. The smallest absolute Gasteiger partial charge is 0.410 e. The number of likely N-dealkylation sites (tertiary alicyclic amines) is 1. The van der Waals surface area contributed by atoms with Crippen LogP contribution in [0.15, 0.2) is 54.9 Å². The number of hydrogen-bond acceptors (Lipinski definition) is 4. The Bertz CT molecular complexity index is 655. The maximum Gasteiger partial charge on any atom is 0.410 e. The Morgan fingerprint density at radius 1 is 1.20 bits per heavy atom. The zero-order chi connectivity index (χ0) is 17.5. The molecule has 1 aliphatic rings. The summed E-state index contributed by atoms with van der Waals surface area (Å²) < 4.78 is 5.42. The molecule has 3 rings (SSSR count). The molecule has 25 heavy (non-hydrogen) atoms. The van der Waals surface area contributed by atoms with E-state index in [1.54, 1.807) is 12.4 Å². The Hall–Kier alpha value is -2.56. The van der Waals surface area contributed by atoms with Crippen molar-refractivity contribution in [3.63, 3.8) is 0 Å². The molecule has 1 aromatic carbocycles. The SMILES string of the molecule is C[C@@H](Nc1ccncc1)C1CCN(C(=O)OCc2ccccc2)CC1. The van der Waals surface area contributed by atoms with Crippen LogP contribution in [0.4, 0.5) is 10.5 Å². The number of nitrogens with one attached hydrogen (secondary N) is 1. The number of carbonyl (C=O) groups is 1. The maximum atomic E-state index is 12.2. The van der Waals surface area contributed by atoms with Crippen LogP contribution >= 0.6 is 0 Å². The molecule has 1 aromatic heterocycles. The number of anilines is 1. The molecule has 0 spiro atoms. The Balaban J connectivity index is 1.42. The third kappa shape index (κ3) is 4.95. The van der Waals surface area contributed by atoms with E-state index in [0.717, 1.165) is 37.2 Å². The molecule has 1 saturated heterocycles. The first-order valence-corrected chi connectivity index (χ1v) is 8.84. The predicted octanol–water partition coefficient (Wildman–Crippen LogP) is 3.93. The zero-order valence-electron chi connectivity index (χ0n) is 14.6. The van der Waals surface area contributed by atoms with Crippen molar-refractivity contribution >= 4 is 11.8 Å². The molecule has 0 unspecified atom stereocenters. The van der Waals surface area contributed by atoms with Gasteiger partial charge < -0.3 is 15.0 Å². The second kappa shape index (κ2) is 8.51. The van der Waals surface area contributed by atoms with E-state index in [0.29, 0.717) is 18.6 Å². The van der Waals surface area contributed by atoms with Gasteiger partial charge in [-0.05, 0) is 43.4 Å². The monoisotopic (exact) mass is 339 g/mol. The second-order valence-corrected chi connectivity index (χ2v) is 6.53. The van der Waals surface area contributed by atoms with Gasteiger partial charge in [-0.3, -0.25) is 4.98 Å². The van der Waals surface area contributed by atoms with Crippen molar-refractivity contribution in [2.24, 2.45) is 5.92 Å². The van der Waals surface area contributed by atoms with Gasteiger partial charge in [0.1, 0.15) is 6.61 Å². The summed E-state index contributed by atoms with van der Waals surface area (Å²) in [5.41, 5.74) is 2.10. The summed E-state index contributed by atoms with van der Waals surface area (Å²) in [4.78, 5) is 18.1. The van der Waals surface area contributed by atoms with E-state index in [1.165, 1.54) is 0 Å². The molecule has 0 saturated carbocycles. The summed E-state index contributed by atoms with van der Waals surface area (Å²) in [6, 6.07) is 14.1. The highest BCUT2D eigenvalue weighted by molar-refractivity contribution is 5.67. The number of carbonyl (C=O) groups excluding carboxylic acids is 1. The highest BCUT2D eigenvalue weighted by Crippen LogP contribution is 2.23. The number of amides is 1. The number of piperidine rings is 1. The van der Waals surface area contributed by atoms with Gasteiger partial charge >= 0.3 is 6.09 Å². The minimum absolute atomic E-state index is 0.211. The minimum Gasteiger partial charge on any atom is -0.445 e. The summed E-state index contributed by atoms with van der Waals surface area (Å²) >= 11 is 0. The number of pyridine rings is 1. The fourth-order valence-electron chi connectivity index (χ4n) is 3.22. The topological polar surface area (TPSA) is 54.5 Å². The fourth-order valence-corrected chi connectivity index (χ4v) is 3.22. The molecule has 1 amide bonds. The summed E-state index contributed by atoms with van der Waals surface area (Å²) in [6.45, 7) is 4.04. The van der Waals surface area contributed by atoms with Crippen LogP contribution in [0, 0.1) is 5.92 Å². The molecule has 1 aliphatic heterocycles. The average molecular weight is 339 g/mol. The molecule has 2 aromatic rings. The molecule has 2 heterocycles. The van der Waals surface area contributed by atoms with Crippen LogP contribution in [0.5, 0.6) is 0 Å². The molecule has 5 nitrogen and oxygen atoms in total. The molecule has 0 aliphatic carbocycles. The van der Waals surface area contributed by atoms with E-state index >= 15 is 0 Å². The third-order valence-corrected chi connectivity index (χ3v) is 4.78. The first-order valence-electron chi connectivity index (χ1n) is 8.84. The molecular formula is C20H25N3O2. The van der Waals surface area contributed by atoms with Gasteiger partial charge in [0.2, 0.25) is 0 Å². The molecule has 5 heteroatoms. The Morgan fingerprint density at radius 2 is 1.88 bits per heavy atom. The van der Waals surface area contributed by atoms with Gasteiger partial charge in [-0.1, -0.05) is 30.3 Å². The number of benzene rings is 1. The Morgan fingerprint density at radius 3 is 2.56 bits per heavy atom. The van der Waals surface area contributed by atoms with Gasteiger partial charge in [0.15, 0.2) is 0 Å². The van der Waals surface area contributed by atoms with Gasteiger partial charge in [-0.25, -0.2) is 4.79 Å². The van der Waals surface area contributed by atoms with Crippen molar-refractivity contribution < 1.29 is 9.53 Å². The van der Waals surface area contributed by atoms with Crippen molar-refractivity contribution in [2.75, 3.05) is 18.4 Å². The largest absolute Gasteiger partial charge is 0.445 e. The van der Waals surface area contributed by atoms with Crippen LogP contribution in [0.3, 0.4) is 0 Å². The van der Waals surface area contributed by atoms with E-state index in [-0.39, 0.29) is 6.09 Å². The Kier molecular flexibility index (Phi) is 5.88. The lowest BCUT2D eigenvalue weighted by Gasteiger charge is -2.34. The van der Waals surface area contributed by atoms with Crippen molar-refractivity contribution in [1.82, 2.24) is 9.88 Å². The molecule has 1 fully saturated rings. The minimum atomic E-state index is -0.211. The number of ether oxygens (including phenoxy) is 1. The van der Waals surface area contributed by atoms with Gasteiger partial charge in [-0.15, -0.1) is 0 Å². The average Bonchev–Trinajstić information content (AvgIpc) is 2.68. The Labute approximate surface area is 149 Å². The van der Waals surface area contributed by atoms with Crippen molar-refractivity contribution in [2.45, 2.75) is 32.4 Å². The van der Waals surface area contributed by atoms with E-state index in [1.807, 2.05) is 47.4 Å². The van der Waals surface area contributed by atoms with Gasteiger partial charge in [0.25, 0.3) is 0 Å². The van der Waals surface area contributed by atoms with Crippen LogP contribution in [0.1, 0.15) is 25.3 Å². The van der Waals surface area contributed by atoms with Crippen molar-refractivity contribution in [3.8, 4) is 0 Å². The van der Waals surface area contributed by atoms with E-state index in [4.69, 9.17) is 4.74 Å². The summed E-state index contributed by atoms with van der Waals surface area (Å²) in [5.74, 6) is 0.548. The highest BCUT2D eigenvalue weighted by Gasteiger charge is 2.27. The molecule has 0 bridgehead atoms. The van der Waals surface area contributed by atoms with E-state index < -0.39 is 0 Å². The van der Waals surface area contributed by atoms with Crippen LogP contribution in [0.2, 0.25) is 0 Å². The number of rotatable bonds is 5. The fraction of sp³-hybridized carbons (Fsp3) is 0.400. The standard InChI is InChI=1S/C20H25N3O2/c1-16(22-19-7-11-21-12-8-19)18-9-13-23(14-10-18)20(24)25-15-17-5-3-2-4-6-17/h2-8,11-12,16,18H,9-10,13-15H2,1H3,(H,21,22)/t16-/m1/s1. The number of aromatic nitrogens is 1. The second-order valence-electron chi connectivity index (χ2n) is 6.53. The lowest BCUT2D eigenvalue weighted by Crippen LogP contribution is -2.42. The van der Waals surface area contributed by atoms with Crippen LogP contribution in [-0.2, 0) is 11.3 Å². The maximum absolute atomic E-state index is 12.2. The van der Waals surface area contributed by atoms with E-state index in [2.05, 4.69) is 17.2 Å². The number of nitrogens with zero attached hydrogens (tertiary/aromatic N) is 2. The molecule has 132 valence electrons. The zero-order valence-corrected chi connectivity index (χ0v) is 14.6. The summed E-state index contributed by atoms with van der Waals surface area (Å²) in [6.07, 6.45) is 5.34. The lowest BCUT2D eigenvalue weighted by molar-refractivity contribution is 0.0810. The first kappa shape index (κ1) is 17.3. The van der Waals surface area contributed by atoms with Gasteiger partial charge in [0.05, 0.1) is 0 Å². The van der Waals surface area contributed by atoms with Crippen molar-refractivity contribution in [3.05, 3.63) is 60.4 Å². The number of hydrogen-bond donors (Lipinski definition) is 1. The van der Waals surface area contributed by atoms with Crippen molar-refractivity contribution in [1.29, 1.82) is 0 Å². The van der Waals surface area contributed by atoms with E-state index in [9.17, 15) is 4.79 Å². The van der Waals surface area contributed by atoms with Crippen LogP contribution < -0.4 is 5.32 Å². The molecule has 1 N–H and O–H groups in total. The summed E-state index contributed by atoms with van der Waals surface area (Å²) in [7, 11) is 0. The van der Waals surface area contributed by atoms with Crippen LogP contribution in [-0.4, -0.2) is 35.1 Å². The van der Waals surface area contributed by atoms with Gasteiger partial charge in [0, 0.05) is 37.2 Å². The third-order valence-electron chi connectivity index (χ3n) is 4.78. The quantitative estimate of drug-likeness (QED) is 0.897. The molecule has 0 radical (unpaired) electrons. The van der Waals surface area contributed by atoms with Gasteiger partial charge in [-0.2, -0.15) is 0 Å². The summed E-state index contributed by atoms with van der Waals surface area (Å²) in [5, 5.41) is 3.53. The van der Waals surface area contributed by atoms with Crippen LogP contribution in [0.25, 0.3) is 0 Å². The lowest BCUT2D eigenvalue weighted by atomic mass is 9.90. The first-order chi connectivity index (χ1) is 12.2. The normalized spacial score (nSPS) is 16.3. The molecular weight excluding hydrogens is 314 g/mol. The highest BCUT2D eigenvalue weighted by atomic mass is 16.6.